The zero-order valence-electron chi connectivity index (χ0n) is 23.6. The molecule has 0 atom stereocenters. The Bertz CT molecular complexity index is 1620. The number of methoxy groups -OCH3 is 2. The van der Waals surface area contributed by atoms with Crippen LogP contribution in [0.1, 0.15) is 30.4 Å². The number of anilines is 2. The minimum absolute atomic E-state index is 0.00617. The number of hydrogen-bond acceptors (Lipinski definition) is 7. The molecular formula is C29H35N3O7S2. The van der Waals surface area contributed by atoms with Gasteiger partial charge in [0.2, 0.25) is 15.9 Å². The molecule has 1 fully saturated rings. The fourth-order valence-corrected chi connectivity index (χ4v) is 7.62. The molecular weight excluding hydrogens is 566 g/mol. The van der Waals surface area contributed by atoms with Gasteiger partial charge in [0.05, 0.1) is 35.4 Å². The van der Waals surface area contributed by atoms with E-state index in [0.29, 0.717) is 13.1 Å². The predicted octanol–water partition coefficient (Wildman–Crippen LogP) is 4.33. The Labute approximate surface area is 242 Å². The molecule has 0 spiro atoms. The average Bonchev–Trinajstić information content (AvgIpc) is 2.96. The molecule has 3 aromatic carbocycles. The first-order chi connectivity index (χ1) is 19.5. The van der Waals surface area contributed by atoms with E-state index in [0.717, 1.165) is 34.7 Å². The Morgan fingerprint density at radius 1 is 0.805 bits per heavy atom. The van der Waals surface area contributed by atoms with Crippen molar-refractivity contribution in [1.82, 2.24) is 4.31 Å². The second-order valence-electron chi connectivity index (χ2n) is 9.88. The van der Waals surface area contributed by atoms with Crippen molar-refractivity contribution in [3.8, 4) is 11.5 Å². The van der Waals surface area contributed by atoms with Crippen LogP contribution < -0.4 is 19.1 Å². The number of sulfonamides is 2. The molecule has 0 unspecified atom stereocenters. The van der Waals surface area contributed by atoms with Gasteiger partial charge in [0.15, 0.2) is 0 Å². The average molecular weight is 602 g/mol. The van der Waals surface area contributed by atoms with E-state index in [9.17, 15) is 21.6 Å². The number of nitrogens with one attached hydrogen (secondary N) is 1. The van der Waals surface area contributed by atoms with E-state index in [1.807, 2.05) is 6.92 Å². The molecule has 12 heteroatoms. The lowest BCUT2D eigenvalue weighted by Gasteiger charge is -2.27. The van der Waals surface area contributed by atoms with Crippen LogP contribution in [0, 0.1) is 13.8 Å². The van der Waals surface area contributed by atoms with Crippen molar-refractivity contribution in [3.63, 3.8) is 0 Å². The van der Waals surface area contributed by atoms with Gasteiger partial charge in [-0.1, -0.05) is 30.2 Å². The maximum Gasteiger partial charge on any atom is 0.264 e. The molecule has 1 heterocycles. The van der Waals surface area contributed by atoms with Crippen LogP contribution in [0.5, 0.6) is 11.5 Å². The number of carbonyl (C=O) groups is 1. The third-order valence-corrected chi connectivity index (χ3v) is 10.6. The van der Waals surface area contributed by atoms with Crippen LogP contribution in [0.3, 0.4) is 0 Å². The van der Waals surface area contributed by atoms with Gasteiger partial charge in [0, 0.05) is 13.1 Å². The summed E-state index contributed by atoms with van der Waals surface area (Å²) in [5.41, 5.74) is 1.95. The van der Waals surface area contributed by atoms with E-state index in [1.165, 1.54) is 48.9 Å². The van der Waals surface area contributed by atoms with Gasteiger partial charge in [-0.2, -0.15) is 4.31 Å². The SMILES string of the molecule is COc1ccc(S(=O)(=O)N2CCCCC2)cc1NC(=O)CN(c1cc(C)ccc1OC)S(=O)(=O)c1ccc(C)cc1. The largest absolute Gasteiger partial charge is 0.495 e. The third-order valence-electron chi connectivity index (χ3n) is 6.90. The molecule has 0 aromatic heterocycles. The minimum atomic E-state index is -4.21. The van der Waals surface area contributed by atoms with Crippen LogP contribution >= 0.6 is 0 Å². The maximum absolute atomic E-state index is 13.9. The zero-order chi connectivity index (χ0) is 29.8. The molecule has 0 bridgehead atoms. The Morgan fingerprint density at radius 3 is 2.02 bits per heavy atom. The van der Waals surface area contributed by atoms with Crippen LogP contribution in [0.4, 0.5) is 11.4 Å². The van der Waals surface area contributed by atoms with E-state index < -0.39 is 32.5 Å². The first kappa shape index (κ1) is 30.4. The number of aryl methyl sites for hydroxylation is 2. The van der Waals surface area contributed by atoms with E-state index in [4.69, 9.17) is 9.47 Å². The fraction of sp³-hybridized carbons (Fsp3) is 0.345. The molecule has 4 rings (SSSR count). The molecule has 1 aliphatic heterocycles. The number of benzene rings is 3. The highest BCUT2D eigenvalue weighted by molar-refractivity contribution is 7.93. The lowest BCUT2D eigenvalue weighted by Crippen LogP contribution is -2.38. The van der Waals surface area contributed by atoms with E-state index >= 15 is 0 Å². The number of hydrogen-bond donors (Lipinski definition) is 1. The molecule has 220 valence electrons. The highest BCUT2D eigenvalue weighted by atomic mass is 32.2. The molecule has 10 nitrogen and oxygen atoms in total. The second kappa shape index (κ2) is 12.5. The van der Waals surface area contributed by atoms with Crippen LogP contribution in [-0.2, 0) is 24.8 Å². The zero-order valence-corrected chi connectivity index (χ0v) is 25.2. The summed E-state index contributed by atoms with van der Waals surface area (Å²) >= 11 is 0. The monoisotopic (exact) mass is 601 g/mol. The summed E-state index contributed by atoms with van der Waals surface area (Å²) in [6, 6.07) is 15.6. The van der Waals surface area contributed by atoms with Crippen molar-refractivity contribution in [2.24, 2.45) is 0 Å². The minimum Gasteiger partial charge on any atom is -0.495 e. The van der Waals surface area contributed by atoms with Crippen LogP contribution in [-0.4, -0.2) is 60.9 Å². The van der Waals surface area contributed by atoms with Crippen LogP contribution in [0.15, 0.2) is 70.5 Å². The number of amides is 1. The van der Waals surface area contributed by atoms with Gasteiger partial charge in [0.1, 0.15) is 18.0 Å². The molecule has 1 N–H and O–H groups in total. The summed E-state index contributed by atoms with van der Waals surface area (Å²) < 4.78 is 67.5. The van der Waals surface area contributed by atoms with Crippen molar-refractivity contribution in [3.05, 3.63) is 71.8 Å². The van der Waals surface area contributed by atoms with E-state index in [1.54, 1.807) is 37.3 Å². The predicted molar refractivity (Wildman–Crippen MR) is 158 cm³/mol. The first-order valence-corrected chi connectivity index (χ1v) is 16.1. The molecule has 0 aliphatic carbocycles. The summed E-state index contributed by atoms with van der Waals surface area (Å²) in [5.74, 6) is -0.196. The molecule has 0 radical (unpaired) electrons. The number of piperidine rings is 1. The number of rotatable bonds is 10. The summed E-state index contributed by atoms with van der Waals surface area (Å²) in [5, 5.41) is 2.67. The quantitative estimate of drug-likeness (QED) is 0.367. The van der Waals surface area contributed by atoms with Gasteiger partial charge in [-0.25, -0.2) is 16.8 Å². The van der Waals surface area contributed by atoms with Gasteiger partial charge in [-0.3, -0.25) is 9.10 Å². The van der Waals surface area contributed by atoms with E-state index in [2.05, 4.69) is 5.32 Å². The van der Waals surface area contributed by atoms with Crippen molar-refractivity contribution in [2.75, 3.05) is 43.5 Å². The summed E-state index contributed by atoms with van der Waals surface area (Å²) in [6.07, 6.45) is 2.54. The number of carbonyl (C=O) groups excluding carboxylic acids is 1. The lowest BCUT2D eigenvalue weighted by atomic mass is 10.2. The van der Waals surface area contributed by atoms with Crippen molar-refractivity contribution in [1.29, 1.82) is 0 Å². The molecule has 1 saturated heterocycles. The Balaban J connectivity index is 1.70. The maximum atomic E-state index is 13.9. The van der Waals surface area contributed by atoms with Gasteiger partial charge in [-0.05, 0) is 74.7 Å². The topological polar surface area (TPSA) is 122 Å². The van der Waals surface area contributed by atoms with Gasteiger partial charge in [0.25, 0.3) is 10.0 Å². The fourth-order valence-electron chi connectivity index (χ4n) is 4.65. The standard InChI is InChI=1S/C29H35N3O7S2/c1-21-8-11-23(12-9-21)41(36,37)32(26-18-22(2)10-14-28(26)39-4)20-29(33)30-25-19-24(13-15-27(25)38-3)40(34,35)31-16-6-5-7-17-31/h8-15,18-19H,5-7,16-17,20H2,1-4H3,(H,30,33). The third kappa shape index (κ3) is 6.66. The first-order valence-electron chi connectivity index (χ1n) is 13.2. The van der Waals surface area contributed by atoms with Crippen molar-refractivity contribution < 1.29 is 31.1 Å². The molecule has 1 aliphatic rings. The summed E-state index contributed by atoms with van der Waals surface area (Å²) in [7, 11) is -5.18. The molecule has 3 aromatic rings. The van der Waals surface area contributed by atoms with Gasteiger partial charge in [-0.15, -0.1) is 0 Å². The summed E-state index contributed by atoms with van der Waals surface area (Å²) in [4.78, 5) is 13.5. The molecule has 1 amide bonds. The normalized spacial score (nSPS) is 14.3. The van der Waals surface area contributed by atoms with Crippen LogP contribution in [0.25, 0.3) is 0 Å². The van der Waals surface area contributed by atoms with Gasteiger partial charge < -0.3 is 14.8 Å². The van der Waals surface area contributed by atoms with Gasteiger partial charge >= 0.3 is 0 Å². The Hall–Kier alpha value is -3.61. The molecule has 0 saturated carbocycles. The van der Waals surface area contributed by atoms with Crippen molar-refractivity contribution in [2.45, 2.75) is 42.9 Å². The van der Waals surface area contributed by atoms with Crippen molar-refractivity contribution >= 4 is 37.3 Å². The summed E-state index contributed by atoms with van der Waals surface area (Å²) in [6.45, 7) is 3.90. The highest BCUT2D eigenvalue weighted by Crippen LogP contribution is 2.34. The smallest absolute Gasteiger partial charge is 0.264 e. The lowest BCUT2D eigenvalue weighted by molar-refractivity contribution is -0.114. The Morgan fingerprint density at radius 2 is 1.39 bits per heavy atom. The van der Waals surface area contributed by atoms with Crippen LogP contribution in [0.2, 0.25) is 0 Å². The Kier molecular flexibility index (Phi) is 9.25. The second-order valence-corrected chi connectivity index (χ2v) is 13.7. The molecule has 41 heavy (non-hydrogen) atoms. The number of ether oxygens (including phenoxy) is 2. The highest BCUT2D eigenvalue weighted by Gasteiger charge is 2.31. The van der Waals surface area contributed by atoms with E-state index in [-0.39, 0.29) is 32.7 Å². The number of nitrogens with zero attached hydrogens (tertiary/aromatic N) is 2.